The molecule has 0 fully saturated rings. The van der Waals surface area contributed by atoms with Gasteiger partial charge in [-0.05, 0) is 13.0 Å². The van der Waals surface area contributed by atoms with E-state index in [2.05, 4.69) is 15.3 Å². The number of fused-ring (bicyclic) bond motifs is 1. The summed E-state index contributed by atoms with van der Waals surface area (Å²) in [4.78, 5) is 13.7. The Balaban J connectivity index is 2.27. The highest BCUT2D eigenvalue weighted by Gasteiger charge is 2.22. The van der Waals surface area contributed by atoms with Gasteiger partial charge in [-0.3, -0.25) is 4.79 Å². The number of hydrogen-bond acceptors (Lipinski definition) is 6. The second-order valence-electron chi connectivity index (χ2n) is 4.13. The lowest BCUT2D eigenvalue weighted by molar-refractivity contribution is -0.0582. The summed E-state index contributed by atoms with van der Waals surface area (Å²) < 4.78 is 1.27. The zero-order valence-electron chi connectivity index (χ0n) is 9.69. The van der Waals surface area contributed by atoms with Gasteiger partial charge in [0.05, 0.1) is 12.6 Å². The molecule has 98 valence electrons. The van der Waals surface area contributed by atoms with Crippen molar-refractivity contribution < 1.29 is 15.3 Å². The van der Waals surface area contributed by atoms with Crippen molar-refractivity contribution in [2.75, 3.05) is 0 Å². The zero-order chi connectivity index (χ0) is 13.3. The van der Waals surface area contributed by atoms with Crippen LogP contribution in [0.4, 0.5) is 0 Å². The van der Waals surface area contributed by atoms with Gasteiger partial charge >= 0.3 is 0 Å². The van der Waals surface area contributed by atoms with Crippen molar-refractivity contribution >= 4 is 11.2 Å². The molecule has 8 heteroatoms. The third kappa shape index (κ3) is 2.40. The van der Waals surface area contributed by atoms with Crippen molar-refractivity contribution in [3.8, 4) is 0 Å². The van der Waals surface area contributed by atoms with Gasteiger partial charge in [-0.1, -0.05) is 5.21 Å². The summed E-state index contributed by atoms with van der Waals surface area (Å²) in [6.45, 7) is 1.29. The minimum absolute atomic E-state index is 0.0808. The Labute approximate surface area is 101 Å². The van der Waals surface area contributed by atoms with Crippen LogP contribution in [0.3, 0.4) is 0 Å². The summed E-state index contributed by atoms with van der Waals surface area (Å²) in [5.41, 5.74) is 0.532. The monoisotopic (exact) mass is 254 g/mol. The van der Waals surface area contributed by atoms with E-state index >= 15 is 0 Å². The normalized spacial score (nSPS) is 16.7. The first-order chi connectivity index (χ1) is 8.49. The van der Waals surface area contributed by atoms with Crippen LogP contribution in [0.25, 0.3) is 11.2 Å². The molecule has 0 saturated carbocycles. The Bertz CT molecular complexity index is 591. The van der Waals surface area contributed by atoms with E-state index in [-0.39, 0.29) is 12.1 Å². The van der Waals surface area contributed by atoms with Crippen LogP contribution in [0, 0.1) is 0 Å². The van der Waals surface area contributed by atoms with E-state index in [1.807, 2.05) is 0 Å². The van der Waals surface area contributed by atoms with Gasteiger partial charge in [0, 0.05) is 6.07 Å². The number of rotatable bonds is 4. The molecule has 8 nitrogen and oxygen atoms in total. The van der Waals surface area contributed by atoms with Crippen LogP contribution in [0.5, 0.6) is 0 Å². The molecule has 0 aliphatic heterocycles. The van der Waals surface area contributed by atoms with Gasteiger partial charge in [-0.25, -0.2) is 4.68 Å². The summed E-state index contributed by atoms with van der Waals surface area (Å²) in [6, 6.07) is 2.83. The SMILES string of the molecule is CC(O)[C@H](O)C(O)Cn1nnc2ccc(=O)[nH]c21. The number of hydrogen-bond donors (Lipinski definition) is 4. The molecule has 0 spiro atoms. The first-order valence-electron chi connectivity index (χ1n) is 5.46. The summed E-state index contributed by atoms with van der Waals surface area (Å²) in [7, 11) is 0. The van der Waals surface area contributed by atoms with Crippen molar-refractivity contribution in [2.45, 2.75) is 31.8 Å². The molecule has 0 radical (unpaired) electrons. The smallest absolute Gasteiger partial charge is 0.249 e. The number of aromatic amines is 1. The average Bonchev–Trinajstić information content (AvgIpc) is 2.70. The summed E-state index contributed by atoms with van der Waals surface area (Å²) in [5, 5.41) is 35.9. The summed E-state index contributed by atoms with van der Waals surface area (Å²) >= 11 is 0. The Morgan fingerprint density at radius 3 is 2.78 bits per heavy atom. The first-order valence-corrected chi connectivity index (χ1v) is 5.46. The number of aliphatic hydroxyl groups excluding tert-OH is 3. The topological polar surface area (TPSA) is 124 Å². The molecule has 0 amide bonds. The molecular weight excluding hydrogens is 240 g/mol. The largest absolute Gasteiger partial charge is 0.391 e. The molecular formula is C10H14N4O4. The van der Waals surface area contributed by atoms with Gasteiger partial charge in [0.1, 0.15) is 17.7 Å². The maximum Gasteiger partial charge on any atom is 0.249 e. The van der Waals surface area contributed by atoms with E-state index in [1.54, 1.807) is 0 Å². The Hall–Kier alpha value is -1.77. The average molecular weight is 254 g/mol. The van der Waals surface area contributed by atoms with Gasteiger partial charge in [0.15, 0.2) is 5.65 Å². The van der Waals surface area contributed by atoms with E-state index in [4.69, 9.17) is 5.11 Å². The van der Waals surface area contributed by atoms with E-state index in [1.165, 1.54) is 23.7 Å². The molecule has 2 aromatic rings. The zero-order valence-corrected chi connectivity index (χ0v) is 9.69. The van der Waals surface area contributed by atoms with Crippen molar-refractivity contribution in [3.05, 3.63) is 22.5 Å². The maximum absolute atomic E-state index is 11.2. The first kappa shape index (κ1) is 12.7. The third-order valence-corrected chi connectivity index (χ3v) is 2.64. The molecule has 18 heavy (non-hydrogen) atoms. The predicted octanol–water partition coefficient (Wildman–Crippen LogP) is -1.78. The quantitative estimate of drug-likeness (QED) is 0.511. The third-order valence-electron chi connectivity index (χ3n) is 2.64. The number of H-pyrrole nitrogens is 1. The molecule has 0 aromatic carbocycles. The van der Waals surface area contributed by atoms with Gasteiger partial charge in [0.25, 0.3) is 0 Å². The second-order valence-corrected chi connectivity index (χ2v) is 4.13. The Kier molecular flexibility index (Phi) is 3.41. The number of aromatic nitrogens is 4. The minimum Gasteiger partial charge on any atom is -0.391 e. The fourth-order valence-electron chi connectivity index (χ4n) is 1.61. The minimum atomic E-state index is -1.29. The lowest BCUT2D eigenvalue weighted by Gasteiger charge is -2.19. The van der Waals surface area contributed by atoms with Crippen LogP contribution in [0.15, 0.2) is 16.9 Å². The fourth-order valence-corrected chi connectivity index (χ4v) is 1.61. The van der Waals surface area contributed by atoms with E-state index in [0.29, 0.717) is 11.2 Å². The van der Waals surface area contributed by atoms with Crippen LogP contribution in [0.2, 0.25) is 0 Å². The highest BCUT2D eigenvalue weighted by atomic mass is 16.4. The molecule has 2 heterocycles. The van der Waals surface area contributed by atoms with Crippen LogP contribution in [0.1, 0.15) is 6.92 Å². The highest BCUT2D eigenvalue weighted by molar-refractivity contribution is 5.68. The van der Waals surface area contributed by atoms with Crippen molar-refractivity contribution in [3.63, 3.8) is 0 Å². The number of pyridine rings is 1. The van der Waals surface area contributed by atoms with Crippen molar-refractivity contribution in [2.24, 2.45) is 0 Å². The molecule has 3 atom stereocenters. The predicted molar refractivity (Wildman–Crippen MR) is 61.8 cm³/mol. The highest BCUT2D eigenvalue weighted by Crippen LogP contribution is 2.08. The Morgan fingerprint density at radius 2 is 2.11 bits per heavy atom. The molecule has 0 aliphatic carbocycles. The summed E-state index contributed by atoms with van der Waals surface area (Å²) in [5.74, 6) is 0. The molecule has 2 rings (SSSR count). The molecule has 0 aliphatic rings. The van der Waals surface area contributed by atoms with E-state index in [9.17, 15) is 15.0 Å². The van der Waals surface area contributed by atoms with Gasteiger partial charge in [-0.15, -0.1) is 5.10 Å². The van der Waals surface area contributed by atoms with Gasteiger partial charge < -0.3 is 20.3 Å². The standard InChI is InChI=1S/C10H14N4O4/c1-5(15)9(18)7(16)4-14-10-6(12-13-14)2-3-8(17)11-10/h2-3,5,7,9,15-16,18H,4H2,1H3,(H,11,17)/t5?,7?,9-/m0/s1. The van der Waals surface area contributed by atoms with Crippen LogP contribution in [-0.2, 0) is 6.54 Å². The van der Waals surface area contributed by atoms with Gasteiger partial charge in [-0.2, -0.15) is 0 Å². The van der Waals surface area contributed by atoms with E-state index < -0.39 is 18.3 Å². The Morgan fingerprint density at radius 1 is 1.39 bits per heavy atom. The lowest BCUT2D eigenvalue weighted by atomic mass is 10.1. The van der Waals surface area contributed by atoms with E-state index in [0.717, 1.165) is 0 Å². The molecule has 0 bridgehead atoms. The van der Waals surface area contributed by atoms with Crippen LogP contribution < -0.4 is 5.56 Å². The second kappa shape index (κ2) is 4.84. The van der Waals surface area contributed by atoms with Crippen molar-refractivity contribution in [1.82, 2.24) is 20.0 Å². The molecule has 4 N–H and O–H groups in total. The fraction of sp³-hybridized carbons (Fsp3) is 0.500. The van der Waals surface area contributed by atoms with Crippen molar-refractivity contribution in [1.29, 1.82) is 0 Å². The van der Waals surface area contributed by atoms with Gasteiger partial charge in [0.2, 0.25) is 5.56 Å². The number of aliphatic hydroxyl groups is 3. The lowest BCUT2D eigenvalue weighted by Crippen LogP contribution is -2.38. The van der Waals surface area contributed by atoms with Crippen LogP contribution >= 0.6 is 0 Å². The number of nitrogens with zero attached hydrogens (tertiary/aromatic N) is 3. The summed E-state index contributed by atoms with van der Waals surface area (Å²) in [6.07, 6.45) is -3.56. The number of nitrogens with one attached hydrogen (secondary N) is 1. The molecule has 2 aromatic heterocycles. The van der Waals surface area contributed by atoms with Crippen LogP contribution in [-0.4, -0.2) is 53.6 Å². The molecule has 2 unspecified atom stereocenters. The maximum atomic E-state index is 11.2. The molecule has 0 saturated heterocycles.